The fourth-order valence-electron chi connectivity index (χ4n) is 4.85. The normalized spacial score (nSPS) is 27.2. The zero-order valence-corrected chi connectivity index (χ0v) is 15.2. The number of nitriles is 1. The summed E-state index contributed by atoms with van der Waals surface area (Å²) in [6.07, 6.45) is 5.60. The van der Waals surface area contributed by atoms with Gasteiger partial charge in [0.05, 0.1) is 30.0 Å². The molecule has 2 aliphatic carbocycles. The molecule has 4 rings (SSSR count). The van der Waals surface area contributed by atoms with Gasteiger partial charge in [0.1, 0.15) is 11.8 Å². The van der Waals surface area contributed by atoms with Gasteiger partial charge < -0.3 is 4.74 Å². The highest BCUT2D eigenvalue weighted by atomic mass is 16.5. The number of aromatic nitrogens is 2. The van der Waals surface area contributed by atoms with E-state index in [-0.39, 0.29) is 23.2 Å². The van der Waals surface area contributed by atoms with Crippen LogP contribution in [0.1, 0.15) is 30.2 Å². The monoisotopic (exact) mass is 347 g/mol. The van der Waals surface area contributed by atoms with Crippen molar-refractivity contribution in [3.05, 3.63) is 58.9 Å². The van der Waals surface area contributed by atoms with Gasteiger partial charge >= 0.3 is 0 Å². The minimum atomic E-state index is -0.524. The average Bonchev–Trinajstić information content (AvgIpc) is 3.06. The zero-order chi connectivity index (χ0) is 18.5. The fraction of sp³-hybridized carbons (Fsp3) is 0.381. The van der Waals surface area contributed by atoms with Crippen LogP contribution in [0.15, 0.2) is 42.1 Å². The second kappa shape index (κ2) is 5.84. The third-order valence-electron chi connectivity index (χ3n) is 6.06. The summed E-state index contributed by atoms with van der Waals surface area (Å²) >= 11 is 0. The Morgan fingerprint density at radius 2 is 2.08 bits per heavy atom. The lowest BCUT2D eigenvalue weighted by Gasteiger charge is -2.47. The van der Waals surface area contributed by atoms with Gasteiger partial charge in [-0.3, -0.25) is 9.48 Å². The summed E-state index contributed by atoms with van der Waals surface area (Å²) < 4.78 is 7.21. The molecule has 1 aromatic heterocycles. The Balaban J connectivity index is 2.06. The third-order valence-corrected chi connectivity index (χ3v) is 6.06. The Labute approximate surface area is 152 Å². The molecule has 5 heteroatoms. The van der Waals surface area contributed by atoms with Gasteiger partial charge in [0.2, 0.25) is 0 Å². The van der Waals surface area contributed by atoms with E-state index in [2.05, 4.69) is 11.2 Å². The summed E-state index contributed by atoms with van der Waals surface area (Å²) in [5.74, 6) is 0.627. The number of carbonyl (C=O) groups is 1. The van der Waals surface area contributed by atoms with E-state index >= 15 is 0 Å². The lowest BCUT2D eigenvalue weighted by molar-refractivity contribution is -0.121. The molecule has 0 saturated carbocycles. The van der Waals surface area contributed by atoms with Crippen molar-refractivity contribution < 1.29 is 9.53 Å². The van der Waals surface area contributed by atoms with Gasteiger partial charge in [0.25, 0.3) is 0 Å². The predicted molar refractivity (Wildman–Crippen MR) is 96.7 cm³/mol. The number of ketones is 1. The van der Waals surface area contributed by atoms with Gasteiger partial charge in [-0.1, -0.05) is 19.1 Å². The molecule has 1 aromatic carbocycles. The number of methoxy groups -OCH3 is 1. The number of aryl methyl sites for hydroxylation is 2. The van der Waals surface area contributed by atoms with Gasteiger partial charge in [0, 0.05) is 13.0 Å². The zero-order valence-electron chi connectivity index (χ0n) is 15.2. The number of fused-ring (bicyclic) bond motifs is 3. The van der Waals surface area contributed by atoms with Crippen LogP contribution in [-0.4, -0.2) is 22.7 Å². The molecular weight excluding hydrogens is 326 g/mol. The summed E-state index contributed by atoms with van der Waals surface area (Å²) in [5, 5.41) is 14.1. The summed E-state index contributed by atoms with van der Waals surface area (Å²) in [6.45, 7) is 1.96. The molecule has 2 aliphatic rings. The molecule has 0 bridgehead atoms. The van der Waals surface area contributed by atoms with Gasteiger partial charge in [0.15, 0.2) is 5.78 Å². The number of Topliss-reactive ketones (excluding diaryl/α,β-unsaturated/α-hetero) is 1. The SMILES string of the molecule is COc1ccc(C23C=C(C#N)C(=O)C(C)C2CCc2cnn(C)c23)cc1. The van der Waals surface area contributed by atoms with E-state index in [1.54, 1.807) is 7.11 Å². The van der Waals surface area contributed by atoms with E-state index in [1.807, 2.05) is 55.2 Å². The molecule has 0 amide bonds. The Morgan fingerprint density at radius 3 is 2.73 bits per heavy atom. The van der Waals surface area contributed by atoms with E-state index in [1.165, 1.54) is 5.56 Å². The first-order chi connectivity index (χ1) is 12.5. The average molecular weight is 347 g/mol. The van der Waals surface area contributed by atoms with Crippen molar-refractivity contribution in [1.29, 1.82) is 5.26 Å². The van der Waals surface area contributed by atoms with Crippen LogP contribution in [0.5, 0.6) is 5.75 Å². The van der Waals surface area contributed by atoms with E-state index in [0.717, 1.165) is 29.8 Å². The van der Waals surface area contributed by atoms with Gasteiger partial charge in [-0.05, 0) is 48.1 Å². The van der Waals surface area contributed by atoms with Crippen molar-refractivity contribution in [3.63, 3.8) is 0 Å². The largest absolute Gasteiger partial charge is 0.497 e. The number of benzene rings is 1. The number of carbonyl (C=O) groups excluding carboxylic acids is 1. The first-order valence-corrected chi connectivity index (χ1v) is 8.86. The molecule has 0 spiro atoms. The van der Waals surface area contributed by atoms with E-state index in [9.17, 15) is 10.1 Å². The Bertz CT molecular complexity index is 949. The predicted octanol–water partition coefficient (Wildman–Crippen LogP) is 2.95. The fourth-order valence-corrected chi connectivity index (χ4v) is 4.85. The molecular formula is C21H21N3O2. The highest BCUT2D eigenvalue weighted by Crippen LogP contribution is 2.53. The van der Waals surface area contributed by atoms with Crippen LogP contribution in [0.3, 0.4) is 0 Å². The van der Waals surface area contributed by atoms with Crippen LogP contribution in [0.25, 0.3) is 0 Å². The number of ether oxygens (including phenoxy) is 1. The molecule has 132 valence electrons. The Morgan fingerprint density at radius 1 is 1.35 bits per heavy atom. The maximum atomic E-state index is 12.7. The lowest BCUT2D eigenvalue weighted by Crippen LogP contribution is -2.48. The second-order valence-electron chi connectivity index (χ2n) is 7.21. The summed E-state index contributed by atoms with van der Waals surface area (Å²) in [7, 11) is 3.58. The van der Waals surface area contributed by atoms with Gasteiger partial charge in [-0.2, -0.15) is 10.4 Å². The standard InChI is InChI=1S/C21H21N3O2/c1-13-18-9-4-14-12-23-24(2)20(14)21(18,10-15(11-22)19(13)25)16-5-7-17(26-3)8-6-16/h5-8,10,12-13,18H,4,9H2,1-3H3. The van der Waals surface area contributed by atoms with Crippen molar-refractivity contribution in [2.45, 2.75) is 25.2 Å². The second-order valence-corrected chi connectivity index (χ2v) is 7.21. The Kier molecular flexibility index (Phi) is 3.73. The van der Waals surface area contributed by atoms with E-state index < -0.39 is 5.41 Å². The van der Waals surface area contributed by atoms with Crippen LogP contribution in [0.4, 0.5) is 0 Å². The molecule has 0 saturated heterocycles. The quantitative estimate of drug-likeness (QED) is 0.838. The lowest BCUT2D eigenvalue weighted by atomic mass is 9.54. The van der Waals surface area contributed by atoms with Crippen molar-refractivity contribution in [2.24, 2.45) is 18.9 Å². The molecule has 5 nitrogen and oxygen atoms in total. The van der Waals surface area contributed by atoms with Gasteiger partial charge in [-0.15, -0.1) is 0 Å². The highest BCUT2D eigenvalue weighted by Gasteiger charge is 2.53. The maximum Gasteiger partial charge on any atom is 0.176 e. The van der Waals surface area contributed by atoms with Crippen LogP contribution < -0.4 is 4.74 Å². The molecule has 0 radical (unpaired) electrons. The minimum Gasteiger partial charge on any atom is -0.497 e. The first kappa shape index (κ1) is 16.6. The van der Waals surface area contributed by atoms with Crippen molar-refractivity contribution in [1.82, 2.24) is 9.78 Å². The minimum absolute atomic E-state index is 0.0488. The Hall–Kier alpha value is -2.87. The summed E-state index contributed by atoms with van der Waals surface area (Å²) in [6, 6.07) is 10.1. The van der Waals surface area contributed by atoms with E-state index in [4.69, 9.17) is 4.74 Å². The van der Waals surface area contributed by atoms with Crippen molar-refractivity contribution in [3.8, 4) is 11.8 Å². The molecule has 3 atom stereocenters. The van der Waals surface area contributed by atoms with E-state index in [0.29, 0.717) is 0 Å². The summed E-state index contributed by atoms with van der Waals surface area (Å²) in [5.41, 5.74) is 3.07. The smallest absolute Gasteiger partial charge is 0.176 e. The molecule has 26 heavy (non-hydrogen) atoms. The topological polar surface area (TPSA) is 67.9 Å². The highest BCUT2D eigenvalue weighted by molar-refractivity contribution is 6.02. The molecule has 0 aliphatic heterocycles. The number of hydrogen-bond donors (Lipinski definition) is 0. The van der Waals surface area contributed by atoms with Crippen molar-refractivity contribution in [2.75, 3.05) is 7.11 Å². The first-order valence-electron chi connectivity index (χ1n) is 8.86. The molecule has 0 fully saturated rings. The number of hydrogen-bond acceptors (Lipinski definition) is 4. The summed E-state index contributed by atoms with van der Waals surface area (Å²) in [4.78, 5) is 12.7. The van der Waals surface area contributed by atoms with Crippen LogP contribution in [-0.2, 0) is 23.7 Å². The van der Waals surface area contributed by atoms with Crippen molar-refractivity contribution >= 4 is 5.78 Å². The molecule has 3 unspecified atom stereocenters. The number of allylic oxidation sites excluding steroid dienone is 2. The third kappa shape index (κ3) is 2.08. The molecule has 2 aromatic rings. The maximum absolute atomic E-state index is 12.7. The molecule has 1 heterocycles. The number of nitrogens with zero attached hydrogens (tertiary/aromatic N) is 3. The number of rotatable bonds is 2. The van der Waals surface area contributed by atoms with Gasteiger partial charge in [-0.25, -0.2) is 0 Å². The van der Waals surface area contributed by atoms with Crippen LogP contribution in [0.2, 0.25) is 0 Å². The van der Waals surface area contributed by atoms with Crippen LogP contribution in [0, 0.1) is 23.2 Å². The molecule has 0 N–H and O–H groups in total. The van der Waals surface area contributed by atoms with Crippen LogP contribution >= 0.6 is 0 Å².